The van der Waals surface area contributed by atoms with Gasteiger partial charge >= 0.3 is 21.4 Å². The molecule has 0 aromatic carbocycles. The first kappa shape index (κ1) is 138. The van der Waals surface area contributed by atoms with Gasteiger partial charge in [0.05, 0.1) is 104 Å². The fraction of sp³-hybridized carbons (Fsp3) is 0.544. The molecule has 0 aliphatic carbocycles. The van der Waals surface area contributed by atoms with Crippen molar-refractivity contribution in [3.05, 3.63) is 62.3 Å². The van der Waals surface area contributed by atoms with Crippen molar-refractivity contribution in [2.45, 2.75) is 184 Å². The average Bonchev–Trinajstić information content (AvgIpc) is 3.40. The Balaban J connectivity index is -0.0000000224. The molecule has 4 unspecified atom stereocenters. The maximum atomic E-state index is 8.26. The number of nitrogens with zero attached hydrogens (tertiary/aromatic N) is 16. The number of nitrogens with one attached hydrogen (secondary N) is 1. The quantitative estimate of drug-likeness (QED) is 0.102. The van der Waals surface area contributed by atoms with Crippen LogP contribution in [0.5, 0.6) is 0 Å². The second-order valence-corrected chi connectivity index (χ2v) is 10.8. The zero-order chi connectivity index (χ0) is 55.8. The van der Waals surface area contributed by atoms with E-state index >= 15 is 0 Å². The van der Waals surface area contributed by atoms with Crippen molar-refractivity contribution in [3.8, 4) is 98.6 Å². The summed E-state index contributed by atoms with van der Waals surface area (Å²) in [6.07, 6.45) is 16.2. The fourth-order valence-electron chi connectivity index (χ4n) is 1.84. The minimum atomic E-state index is -0.0556. The molecule has 0 aromatic rings. The molecule has 17 nitrogen and oxygen atoms in total. The third kappa shape index (κ3) is 307. The van der Waals surface area contributed by atoms with E-state index in [1.165, 1.54) is 6.08 Å². The van der Waals surface area contributed by atoms with Crippen LogP contribution in [0.4, 0.5) is 0 Å². The van der Waals surface area contributed by atoms with Crippen LogP contribution in [0.2, 0.25) is 0 Å². The molecule has 0 rings (SSSR count). The van der Waals surface area contributed by atoms with Crippen LogP contribution >= 0.6 is 0 Å². The molecule has 4 atom stereocenters. The number of hydrogen-bond donors (Lipinski definition) is 1. The summed E-state index contributed by atoms with van der Waals surface area (Å²) in [5.74, 6) is 0.0225. The second kappa shape index (κ2) is 195. The van der Waals surface area contributed by atoms with Gasteiger partial charge in [-0.25, -0.2) is 15.8 Å². The molecule has 0 saturated carbocycles. The van der Waals surface area contributed by atoms with E-state index in [0.29, 0.717) is 57.8 Å². The topological polar surface area (TPSA) is 404 Å². The van der Waals surface area contributed by atoms with Crippen LogP contribution in [-0.4, -0.2) is 0 Å². The first-order valence-corrected chi connectivity index (χ1v) is 20.0. The van der Waals surface area contributed by atoms with Gasteiger partial charge < -0.3 is 0 Å². The summed E-state index contributed by atoms with van der Waals surface area (Å²) in [6.45, 7) is 34.8. The summed E-state index contributed by atoms with van der Waals surface area (Å²) in [4.78, 5) is 0. The van der Waals surface area contributed by atoms with Gasteiger partial charge in [-0.2, -0.15) is 68.4 Å². The van der Waals surface area contributed by atoms with Crippen LogP contribution in [0.1, 0.15) is 184 Å². The summed E-state index contributed by atoms with van der Waals surface area (Å²) in [6, 6.07) is 25.6. The molecular weight excluding hydrogens is 974 g/mol. The van der Waals surface area contributed by atoms with E-state index in [2.05, 4.69) is 46.0 Å². The van der Waals surface area contributed by atoms with Crippen LogP contribution in [0.25, 0.3) is 0 Å². The van der Waals surface area contributed by atoms with Gasteiger partial charge in [0.2, 0.25) is 0 Å². The van der Waals surface area contributed by atoms with E-state index in [4.69, 9.17) is 88.4 Å². The number of nitriles is 16. The van der Waals surface area contributed by atoms with Crippen molar-refractivity contribution in [2.75, 3.05) is 0 Å². The van der Waals surface area contributed by atoms with Gasteiger partial charge in [-0.05, 0) is 73.1 Å². The molecule has 18 heteroatoms. The summed E-state index contributed by atoms with van der Waals surface area (Å²) in [5.41, 5.74) is 0.773. The van der Waals surface area contributed by atoms with Crippen molar-refractivity contribution < 1.29 is 17.2 Å². The molecule has 0 aliphatic heterocycles. The maximum absolute atomic E-state index is 8.26. The van der Waals surface area contributed by atoms with Gasteiger partial charge in [-0.15, -0.1) is 19.7 Å². The van der Waals surface area contributed by atoms with E-state index < -0.39 is 0 Å². The normalized spacial score (nSPS) is 7.41. The first-order chi connectivity index (χ1) is 32.2. The molecule has 0 fully saturated rings. The molecule has 0 amide bonds. The van der Waals surface area contributed by atoms with E-state index in [1.54, 1.807) is 61.5 Å². The Kier molecular flexibility index (Phi) is 357. The van der Waals surface area contributed by atoms with Gasteiger partial charge in [0.1, 0.15) is 0 Å². The zero-order valence-corrected chi connectivity index (χ0v) is 41.4. The van der Waals surface area contributed by atoms with E-state index in [9.17, 15) is 0 Å². The minimum absolute atomic E-state index is 0. The van der Waals surface area contributed by atoms with Crippen LogP contribution in [-0.2, 0) is 17.2 Å². The Morgan fingerprint density at radius 1 is 0.520 bits per heavy atom. The van der Waals surface area contributed by atoms with E-state index in [1.807, 2.05) is 101 Å². The fourth-order valence-corrected chi connectivity index (χ4v) is 1.84. The van der Waals surface area contributed by atoms with Crippen molar-refractivity contribution >= 4 is 0 Å². The van der Waals surface area contributed by atoms with Gasteiger partial charge in [0.15, 0.2) is 0 Å². The SMILES string of the molecule is C.C.C.C.C.C.C.C.C#N.C#N.C#N.C/C=C(/C)C#N.C=CC#N.C=CC(C)C#N.C=CCC#N.C=CCCC#N.CC(C#N)CCC#N.CC(C#N)CCC#N.CCC(C#N)CC#N.N#CCCCCC#N.[NH]=[V]. The predicted molar refractivity (Wildman–Crippen MR) is 306 cm³/mol. The van der Waals surface area contributed by atoms with Gasteiger partial charge in [0.25, 0.3) is 0 Å². The summed E-state index contributed by atoms with van der Waals surface area (Å²) in [5, 5.41) is 124. The molecule has 1 N–H and O–H groups in total. The molecule has 0 spiro atoms. The van der Waals surface area contributed by atoms with Crippen LogP contribution in [0.3, 0.4) is 0 Å². The summed E-state index contributed by atoms with van der Waals surface area (Å²) in [7, 11) is 0. The number of rotatable bonds is 13. The Morgan fingerprint density at radius 3 is 0.947 bits per heavy atom. The van der Waals surface area contributed by atoms with Crippen LogP contribution in [0, 0.1) is 211 Å². The van der Waals surface area contributed by atoms with Gasteiger partial charge in [-0.1, -0.05) is 97.2 Å². The standard InChI is InChI=1S/4C6H8N2.3C5H7N.C4H5N.C3H3N.3CHN.8CH4.HN.V/c2*1-6(5-8)3-2-4-7;1-2-6(5-8)3-4-7;7-5-3-1-2-4-6-8;2*1-3-5(2)4-6;1-2-3-4-5-6;1-2-3-4-5;1-2-3-4;3*1-2;;;;;;;;;;/h3*6H,2-3H2,1H3;1-4H2;3H,1-2H3;3,5H,1H2,2H3;2H,1,3-4H2;2H,1,3H2;2H,1H2;3*1H;8*1H4;1H;/b;;;;5-3-;;;;;;;;;;;;;;;;;. The molecule has 0 aromatic heterocycles. The van der Waals surface area contributed by atoms with Crippen molar-refractivity contribution in [1.82, 2.24) is 0 Å². The first-order valence-electron chi connectivity index (χ1n) is 19.3. The Bertz CT molecular complexity index is 1730. The predicted octanol–water partition coefficient (Wildman–Crippen LogP) is 17.8. The molecule has 415 valence electrons. The summed E-state index contributed by atoms with van der Waals surface area (Å²) >= 11 is 1.56. The second-order valence-electron chi connectivity index (χ2n) is 10.8. The third-order valence-electron chi connectivity index (χ3n) is 5.61. The molecule has 0 heterocycles. The summed E-state index contributed by atoms with van der Waals surface area (Å²) < 4.78 is 5.69. The van der Waals surface area contributed by atoms with Crippen LogP contribution in [0.15, 0.2) is 62.3 Å². The number of allylic oxidation sites excluding steroid dienone is 6. The number of unbranched alkanes of at least 4 members (excludes halogenated alkanes) is 4. The van der Waals surface area contributed by atoms with E-state index in [-0.39, 0.29) is 83.1 Å². The van der Waals surface area contributed by atoms with Crippen LogP contribution < -0.4 is 0 Å². The van der Waals surface area contributed by atoms with Crippen molar-refractivity contribution in [1.29, 1.82) is 88.4 Å². The monoisotopic (exact) mass is 1070 g/mol. The Hall–Kier alpha value is -9.08. The van der Waals surface area contributed by atoms with Gasteiger partial charge in [0, 0.05) is 75.3 Å². The molecule has 0 radical (unpaired) electrons. The Morgan fingerprint density at radius 2 is 0.853 bits per heavy atom. The van der Waals surface area contributed by atoms with Gasteiger partial charge in [-0.3, -0.25) is 0 Å². The molecular formula is C57H97N17V. The molecule has 75 heavy (non-hydrogen) atoms. The van der Waals surface area contributed by atoms with Crippen molar-refractivity contribution in [2.24, 2.45) is 23.7 Å². The zero-order valence-electron chi connectivity index (χ0n) is 40.1. The molecule has 0 saturated heterocycles. The third-order valence-corrected chi connectivity index (χ3v) is 5.61. The average molecular weight is 1070 g/mol. The Labute approximate surface area is 472 Å². The molecule has 0 aliphatic rings. The van der Waals surface area contributed by atoms with Crippen molar-refractivity contribution in [3.63, 3.8) is 0 Å². The molecule has 0 bridgehead atoms. The number of hydrogen-bond acceptors (Lipinski definition) is 17. The van der Waals surface area contributed by atoms with E-state index in [0.717, 1.165) is 31.3 Å².